The number of nitrogens with zero attached hydrogens (tertiary/aromatic N) is 1. The van der Waals surface area contributed by atoms with E-state index in [0.717, 1.165) is 0 Å². The SMILES string of the molecule is CC(C)COC(=O)NC(C#N)C(C)C. The van der Waals surface area contributed by atoms with Crippen molar-refractivity contribution in [1.29, 1.82) is 5.26 Å². The zero-order valence-corrected chi connectivity index (χ0v) is 9.20. The van der Waals surface area contributed by atoms with Crippen molar-refractivity contribution >= 4 is 6.09 Å². The van der Waals surface area contributed by atoms with Crippen molar-refractivity contribution in [2.24, 2.45) is 11.8 Å². The highest BCUT2D eigenvalue weighted by molar-refractivity contribution is 5.68. The molecule has 1 atom stereocenters. The molecular weight excluding hydrogens is 180 g/mol. The van der Waals surface area contributed by atoms with E-state index in [9.17, 15) is 4.79 Å². The minimum Gasteiger partial charge on any atom is -0.449 e. The van der Waals surface area contributed by atoms with E-state index in [4.69, 9.17) is 10.00 Å². The highest BCUT2D eigenvalue weighted by Crippen LogP contribution is 2.00. The molecule has 1 amide bonds. The molecule has 0 aromatic heterocycles. The van der Waals surface area contributed by atoms with Crippen molar-refractivity contribution in [2.45, 2.75) is 33.7 Å². The summed E-state index contributed by atoms with van der Waals surface area (Å²) in [7, 11) is 0. The highest BCUT2D eigenvalue weighted by atomic mass is 16.5. The van der Waals surface area contributed by atoms with Crippen LogP contribution in [0, 0.1) is 23.2 Å². The average molecular weight is 198 g/mol. The molecule has 0 aliphatic carbocycles. The molecule has 4 nitrogen and oxygen atoms in total. The van der Waals surface area contributed by atoms with E-state index in [-0.39, 0.29) is 5.92 Å². The van der Waals surface area contributed by atoms with Gasteiger partial charge in [0.15, 0.2) is 0 Å². The molecule has 1 N–H and O–H groups in total. The lowest BCUT2D eigenvalue weighted by Crippen LogP contribution is -2.38. The first-order valence-corrected chi connectivity index (χ1v) is 4.80. The van der Waals surface area contributed by atoms with E-state index in [0.29, 0.717) is 12.5 Å². The van der Waals surface area contributed by atoms with Crippen LogP contribution in [0.4, 0.5) is 4.79 Å². The van der Waals surface area contributed by atoms with Gasteiger partial charge in [0.05, 0.1) is 12.7 Å². The highest BCUT2D eigenvalue weighted by Gasteiger charge is 2.15. The Morgan fingerprint density at radius 1 is 1.43 bits per heavy atom. The van der Waals surface area contributed by atoms with Gasteiger partial charge in [0.25, 0.3) is 0 Å². The van der Waals surface area contributed by atoms with Gasteiger partial charge in [-0.1, -0.05) is 27.7 Å². The summed E-state index contributed by atoms with van der Waals surface area (Å²) in [5.74, 6) is 0.395. The van der Waals surface area contributed by atoms with Crippen LogP contribution in [0.5, 0.6) is 0 Å². The predicted octanol–water partition coefficient (Wildman–Crippen LogP) is 1.92. The molecule has 1 unspecified atom stereocenters. The summed E-state index contributed by atoms with van der Waals surface area (Å²) in [6.07, 6.45) is -0.515. The largest absolute Gasteiger partial charge is 0.449 e. The Morgan fingerprint density at radius 2 is 2.00 bits per heavy atom. The number of alkyl carbamates (subject to hydrolysis) is 1. The molecular formula is C10H18N2O2. The molecule has 0 aliphatic heterocycles. The number of ether oxygens (including phenoxy) is 1. The fourth-order valence-electron chi connectivity index (χ4n) is 0.759. The Bertz CT molecular complexity index is 219. The molecule has 0 saturated carbocycles. The number of nitrogens with one attached hydrogen (secondary N) is 1. The third-order valence-electron chi connectivity index (χ3n) is 1.63. The van der Waals surface area contributed by atoms with Gasteiger partial charge in [0.2, 0.25) is 0 Å². The van der Waals surface area contributed by atoms with Gasteiger partial charge in [0, 0.05) is 0 Å². The van der Waals surface area contributed by atoms with Crippen LogP contribution in [-0.2, 0) is 4.74 Å². The van der Waals surface area contributed by atoms with Crippen LogP contribution < -0.4 is 5.32 Å². The monoisotopic (exact) mass is 198 g/mol. The lowest BCUT2D eigenvalue weighted by molar-refractivity contribution is 0.129. The number of carbonyl (C=O) groups is 1. The number of amides is 1. The molecule has 0 rings (SSSR count). The molecule has 0 spiro atoms. The van der Waals surface area contributed by atoms with Gasteiger partial charge in [-0.25, -0.2) is 4.79 Å². The van der Waals surface area contributed by atoms with Crippen LogP contribution in [0.2, 0.25) is 0 Å². The molecule has 80 valence electrons. The molecule has 0 radical (unpaired) electrons. The van der Waals surface area contributed by atoms with E-state index in [1.807, 2.05) is 33.8 Å². The first-order valence-electron chi connectivity index (χ1n) is 4.80. The first-order chi connectivity index (χ1) is 6.47. The summed E-state index contributed by atoms with van der Waals surface area (Å²) in [6, 6.07) is 1.53. The van der Waals surface area contributed by atoms with Crippen LogP contribution in [-0.4, -0.2) is 18.7 Å². The van der Waals surface area contributed by atoms with Crippen molar-refractivity contribution < 1.29 is 9.53 Å². The Hall–Kier alpha value is -1.24. The van der Waals surface area contributed by atoms with E-state index >= 15 is 0 Å². The Labute approximate surface area is 85.2 Å². The van der Waals surface area contributed by atoms with Crippen molar-refractivity contribution in [2.75, 3.05) is 6.61 Å². The quantitative estimate of drug-likeness (QED) is 0.750. The van der Waals surface area contributed by atoms with Crippen LogP contribution in [0.3, 0.4) is 0 Å². The third-order valence-corrected chi connectivity index (χ3v) is 1.63. The fraction of sp³-hybridized carbons (Fsp3) is 0.800. The van der Waals surface area contributed by atoms with Crippen LogP contribution in [0.15, 0.2) is 0 Å². The predicted molar refractivity (Wildman–Crippen MR) is 53.6 cm³/mol. The van der Waals surface area contributed by atoms with Gasteiger partial charge in [-0.05, 0) is 11.8 Å². The van der Waals surface area contributed by atoms with E-state index < -0.39 is 12.1 Å². The second kappa shape index (κ2) is 6.25. The molecule has 4 heteroatoms. The van der Waals surface area contributed by atoms with Crippen molar-refractivity contribution in [3.8, 4) is 6.07 Å². The Kier molecular flexibility index (Phi) is 5.70. The van der Waals surface area contributed by atoms with Gasteiger partial charge in [-0.2, -0.15) is 5.26 Å². The van der Waals surface area contributed by atoms with Gasteiger partial charge in [-0.15, -0.1) is 0 Å². The maximum atomic E-state index is 11.1. The molecule has 0 fully saturated rings. The molecule has 0 saturated heterocycles. The average Bonchev–Trinajstić information content (AvgIpc) is 2.10. The number of hydrogen-bond donors (Lipinski definition) is 1. The van der Waals surface area contributed by atoms with E-state index in [1.54, 1.807) is 0 Å². The van der Waals surface area contributed by atoms with Gasteiger partial charge >= 0.3 is 6.09 Å². The Morgan fingerprint density at radius 3 is 2.36 bits per heavy atom. The minimum absolute atomic E-state index is 0.0894. The van der Waals surface area contributed by atoms with Gasteiger partial charge < -0.3 is 10.1 Å². The normalized spacial score (nSPS) is 12.4. The molecule has 0 aliphatic rings. The summed E-state index contributed by atoms with van der Waals surface area (Å²) >= 11 is 0. The van der Waals surface area contributed by atoms with Crippen LogP contribution >= 0.6 is 0 Å². The standard InChI is InChI=1S/C10H18N2O2/c1-7(2)6-14-10(13)12-9(5-11)8(3)4/h7-9H,6H2,1-4H3,(H,12,13). The van der Waals surface area contributed by atoms with Gasteiger partial charge in [-0.3, -0.25) is 0 Å². The molecule has 0 aromatic rings. The number of hydrogen-bond acceptors (Lipinski definition) is 3. The summed E-state index contributed by atoms with van der Waals surface area (Å²) < 4.78 is 4.88. The first kappa shape index (κ1) is 12.8. The summed E-state index contributed by atoms with van der Waals surface area (Å²) in [5, 5.41) is 11.2. The minimum atomic E-state index is -0.515. The number of carbonyl (C=O) groups excluding carboxylic acids is 1. The number of nitriles is 1. The van der Waals surface area contributed by atoms with E-state index in [1.165, 1.54) is 0 Å². The second-order valence-corrected chi connectivity index (χ2v) is 3.99. The summed E-state index contributed by atoms with van der Waals surface area (Å²) in [6.45, 7) is 8.03. The topological polar surface area (TPSA) is 62.1 Å². The molecule has 0 aromatic carbocycles. The summed E-state index contributed by atoms with van der Waals surface area (Å²) in [4.78, 5) is 11.1. The fourth-order valence-corrected chi connectivity index (χ4v) is 0.759. The third kappa shape index (κ3) is 5.41. The van der Waals surface area contributed by atoms with Crippen molar-refractivity contribution in [3.63, 3.8) is 0 Å². The molecule has 14 heavy (non-hydrogen) atoms. The maximum absolute atomic E-state index is 11.1. The van der Waals surface area contributed by atoms with Crippen molar-refractivity contribution in [3.05, 3.63) is 0 Å². The zero-order chi connectivity index (χ0) is 11.1. The zero-order valence-electron chi connectivity index (χ0n) is 9.20. The van der Waals surface area contributed by atoms with Crippen LogP contribution in [0.25, 0.3) is 0 Å². The Balaban J connectivity index is 3.87. The summed E-state index contributed by atoms with van der Waals surface area (Å²) in [5.41, 5.74) is 0. The number of rotatable bonds is 4. The maximum Gasteiger partial charge on any atom is 0.408 e. The smallest absolute Gasteiger partial charge is 0.408 e. The van der Waals surface area contributed by atoms with E-state index in [2.05, 4.69) is 5.32 Å². The molecule has 0 heterocycles. The molecule has 0 bridgehead atoms. The van der Waals surface area contributed by atoms with Crippen molar-refractivity contribution in [1.82, 2.24) is 5.32 Å². The van der Waals surface area contributed by atoms with Crippen LogP contribution in [0.1, 0.15) is 27.7 Å². The second-order valence-electron chi connectivity index (χ2n) is 3.99. The van der Waals surface area contributed by atoms with Gasteiger partial charge in [0.1, 0.15) is 6.04 Å². The lowest BCUT2D eigenvalue weighted by atomic mass is 10.1. The lowest BCUT2D eigenvalue weighted by Gasteiger charge is -2.15.